The molecule has 2 aliphatic heterocycles. The number of ether oxygens (including phenoxy) is 2. The summed E-state index contributed by atoms with van der Waals surface area (Å²) in [7, 11) is 0. The first-order chi connectivity index (χ1) is 19.9. The maximum atomic E-state index is 13.7. The van der Waals surface area contributed by atoms with E-state index in [0.717, 1.165) is 54.0 Å². The molecule has 41 heavy (non-hydrogen) atoms. The number of ketones is 1. The average molecular weight is 571 g/mol. The highest BCUT2D eigenvalue weighted by atomic mass is 32.2. The second-order valence-electron chi connectivity index (χ2n) is 10.2. The van der Waals surface area contributed by atoms with Crippen LogP contribution in [-0.2, 0) is 4.74 Å². The van der Waals surface area contributed by atoms with Gasteiger partial charge < -0.3 is 29.4 Å². The van der Waals surface area contributed by atoms with E-state index >= 15 is 0 Å². The Kier molecular flexibility index (Phi) is 7.51. The van der Waals surface area contributed by atoms with Gasteiger partial charge in [0.2, 0.25) is 5.78 Å². The van der Waals surface area contributed by atoms with E-state index in [0.29, 0.717) is 36.0 Å². The third kappa shape index (κ3) is 5.32. The summed E-state index contributed by atoms with van der Waals surface area (Å²) in [6, 6.07) is 11.9. The highest BCUT2D eigenvalue weighted by molar-refractivity contribution is 8.00. The second-order valence-corrected chi connectivity index (χ2v) is 11.3. The fourth-order valence-corrected chi connectivity index (χ4v) is 6.37. The van der Waals surface area contributed by atoms with Crippen LogP contribution in [0.3, 0.4) is 0 Å². The molecule has 2 aromatic carbocycles. The third-order valence-electron chi connectivity index (χ3n) is 7.38. The summed E-state index contributed by atoms with van der Waals surface area (Å²) >= 11 is 1.85. The number of nitrogen functional groups attached to an aromatic ring is 1. The average Bonchev–Trinajstić information content (AvgIpc) is 3.73. The van der Waals surface area contributed by atoms with Crippen LogP contribution in [0.4, 0.5) is 17.2 Å². The molecule has 0 atom stereocenters. The van der Waals surface area contributed by atoms with Crippen molar-refractivity contribution in [1.29, 1.82) is 0 Å². The number of aromatic amines is 1. The van der Waals surface area contributed by atoms with Crippen LogP contribution in [0.5, 0.6) is 5.75 Å². The van der Waals surface area contributed by atoms with E-state index in [4.69, 9.17) is 15.2 Å². The monoisotopic (exact) mass is 570 g/mol. The van der Waals surface area contributed by atoms with Crippen molar-refractivity contribution in [3.05, 3.63) is 83.9 Å². The molecule has 6 rings (SSSR count). The van der Waals surface area contributed by atoms with Crippen LogP contribution in [-0.4, -0.2) is 59.1 Å². The molecule has 4 heterocycles. The molecule has 2 saturated heterocycles. The topological polar surface area (TPSA) is 102 Å². The first kappa shape index (κ1) is 27.0. The van der Waals surface area contributed by atoms with Gasteiger partial charge in [-0.2, -0.15) is 5.10 Å². The van der Waals surface area contributed by atoms with Crippen molar-refractivity contribution in [2.24, 2.45) is 0 Å². The Morgan fingerprint density at radius 1 is 1.15 bits per heavy atom. The molecule has 2 aromatic heterocycles. The molecule has 212 valence electrons. The summed E-state index contributed by atoms with van der Waals surface area (Å²) in [4.78, 5) is 19.4. The Morgan fingerprint density at radius 2 is 1.98 bits per heavy atom. The maximum absolute atomic E-state index is 13.7. The van der Waals surface area contributed by atoms with Gasteiger partial charge in [-0.15, -0.1) is 0 Å². The Hall–Kier alpha value is -4.15. The first-order valence-electron chi connectivity index (χ1n) is 13.8. The summed E-state index contributed by atoms with van der Waals surface area (Å²) in [6.45, 7) is 11.9. The van der Waals surface area contributed by atoms with Crippen LogP contribution in [0, 0.1) is 6.92 Å². The fraction of sp³-hybridized carbons (Fsp3) is 0.290. The van der Waals surface area contributed by atoms with E-state index in [1.54, 1.807) is 10.8 Å². The maximum Gasteiger partial charge on any atom is 0.214 e. The van der Waals surface area contributed by atoms with Gasteiger partial charge in [0.15, 0.2) is 0 Å². The lowest BCUT2D eigenvalue weighted by Gasteiger charge is -2.32. The number of nitrogens with two attached hydrogens (primary N) is 1. The summed E-state index contributed by atoms with van der Waals surface area (Å²) in [5, 5.41) is 5.45. The number of hydrogen-bond donors (Lipinski definition) is 2. The Morgan fingerprint density at radius 3 is 2.71 bits per heavy atom. The van der Waals surface area contributed by atoms with Crippen LogP contribution in [0.15, 0.2) is 67.1 Å². The number of nitrogens with one attached hydrogen (secondary N) is 1. The molecule has 3 N–H and O–H groups in total. The van der Waals surface area contributed by atoms with E-state index in [1.807, 2.05) is 56.1 Å². The van der Waals surface area contributed by atoms with Gasteiger partial charge in [-0.3, -0.25) is 4.79 Å². The van der Waals surface area contributed by atoms with Crippen LogP contribution in [0.1, 0.15) is 35.0 Å². The first-order valence-corrected chi connectivity index (χ1v) is 14.8. The molecule has 0 bridgehead atoms. The van der Waals surface area contributed by atoms with Crippen molar-refractivity contribution in [2.45, 2.75) is 20.3 Å². The molecule has 0 saturated carbocycles. The minimum Gasteiger partial charge on any atom is -0.458 e. The van der Waals surface area contributed by atoms with Crippen molar-refractivity contribution in [1.82, 2.24) is 14.8 Å². The summed E-state index contributed by atoms with van der Waals surface area (Å²) in [5.74, 6) is 2.41. The van der Waals surface area contributed by atoms with Crippen LogP contribution < -0.4 is 19.7 Å². The van der Waals surface area contributed by atoms with Gasteiger partial charge in [0.05, 0.1) is 47.7 Å². The van der Waals surface area contributed by atoms with Gasteiger partial charge in [0.25, 0.3) is 0 Å². The normalized spacial score (nSPS) is 15.8. The van der Waals surface area contributed by atoms with E-state index in [1.165, 1.54) is 17.6 Å². The van der Waals surface area contributed by atoms with Crippen molar-refractivity contribution in [3.8, 4) is 11.4 Å². The SMILES string of the molecule is C=C(/C=C\C)Oc1ccc(-n2ncc(C(=O)c3cc4cc(N5CCOCC5)c(N5CCCS5)cc4[nH]3)c2N)c(C)c1. The number of allylic oxidation sites excluding steroid dienone is 2. The molecular formula is C31H34N6O3S. The number of H-pyrrole nitrogens is 1. The standard InChI is InChI=1S/C31H34N6O3S/c1-4-6-21(3)40-23-7-8-27(20(2)15-23)37-31(32)24(19-33-37)30(38)26-16-22-17-28(35-10-12-39-13-11-35)29(18-25(22)34-26)36-9-5-14-41-36/h4,6-8,15-19,34H,3,5,9-14,32H2,1-2H3/b6-4-. The molecule has 0 aliphatic carbocycles. The zero-order chi connectivity index (χ0) is 28.5. The molecule has 4 aromatic rings. The van der Waals surface area contributed by atoms with Crippen LogP contribution in [0.2, 0.25) is 0 Å². The Bertz CT molecular complexity index is 1640. The van der Waals surface area contributed by atoms with Gasteiger partial charge in [0.1, 0.15) is 17.3 Å². The molecule has 2 aliphatic rings. The molecule has 0 radical (unpaired) electrons. The number of anilines is 3. The Balaban J connectivity index is 1.30. The predicted molar refractivity (Wildman–Crippen MR) is 166 cm³/mol. The number of carbonyl (C=O) groups is 1. The van der Waals surface area contributed by atoms with E-state index in [-0.39, 0.29) is 11.6 Å². The van der Waals surface area contributed by atoms with E-state index in [2.05, 4.69) is 38.0 Å². The largest absolute Gasteiger partial charge is 0.458 e. The Labute approximate surface area is 243 Å². The van der Waals surface area contributed by atoms with E-state index < -0.39 is 0 Å². The number of aryl methyl sites for hydroxylation is 1. The molecule has 0 spiro atoms. The van der Waals surface area contributed by atoms with Crippen LogP contribution in [0.25, 0.3) is 16.6 Å². The van der Waals surface area contributed by atoms with Gasteiger partial charge in [-0.25, -0.2) is 4.68 Å². The summed E-state index contributed by atoms with van der Waals surface area (Å²) in [6.07, 6.45) is 6.36. The second kappa shape index (κ2) is 11.4. The van der Waals surface area contributed by atoms with Gasteiger partial charge in [-0.05, 0) is 80.3 Å². The lowest BCUT2D eigenvalue weighted by atomic mass is 10.1. The number of benzene rings is 2. The molecular weight excluding hydrogens is 536 g/mol. The van der Waals surface area contributed by atoms with Crippen molar-refractivity contribution >= 4 is 45.8 Å². The number of rotatable bonds is 8. The fourth-order valence-electron chi connectivity index (χ4n) is 5.34. The number of aromatic nitrogens is 3. The minimum absolute atomic E-state index is 0.199. The zero-order valence-electron chi connectivity index (χ0n) is 23.4. The number of nitrogens with zero attached hydrogens (tertiary/aromatic N) is 4. The van der Waals surface area contributed by atoms with Crippen molar-refractivity contribution in [3.63, 3.8) is 0 Å². The van der Waals surface area contributed by atoms with Gasteiger partial charge >= 0.3 is 0 Å². The van der Waals surface area contributed by atoms with E-state index in [9.17, 15) is 4.79 Å². The molecule has 0 unspecified atom stereocenters. The zero-order valence-corrected chi connectivity index (χ0v) is 24.2. The smallest absolute Gasteiger partial charge is 0.214 e. The number of carbonyl (C=O) groups excluding carboxylic acids is 1. The predicted octanol–water partition coefficient (Wildman–Crippen LogP) is 5.64. The van der Waals surface area contributed by atoms with Crippen molar-refractivity contribution in [2.75, 3.05) is 53.5 Å². The van der Waals surface area contributed by atoms with Gasteiger partial charge in [0, 0.05) is 36.3 Å². The quantitative estimate of drug-likeness (QED) is 0.122. The molecule has 0 amide bonds. The number of hydrogen-bond acceptors (Lipinski definition) is 8. The lowest BCUT2D eigenvalue weighted by molar-refractivity contribution is 0.103. The van der Waals surface area contributed by atoms with Crippen LogP contribution >= 0.6 is 11.9 Å². The minimum atomic E-state index is -0.199. The van der Waals surface area contributed by atoms with Crippen molar-refractivity contribution < 1.29 is 14.3 Å². The molecule has 9 nitrogen and oxygen atoms in total. The number of morpholine rings is 1. The molecule has 10 heteroatoms. The lowest BCUT2D eigenvalue weighted by Crippen LogP contribution is -2.37. The third-order valence-corrected chi connectivity index (χ3v) is 8.54. The highest BCUT2D eigenvalue weighted by Crippen LogP contribution is 2.40. The number of fused-ring (bicyclic) bond motifs is 1. The highest BCUT2D eigenvalue weighted by Gasteiger charge is 2.25. The molecule has 2 fully saturated rings. The van der Waals surface area contributed by atoms with Gasteiger partial charge in [-0.1, -0.05) is 12.7 Å². The summed E-state index contributed by atoms with van der Waals surface area (Å²) < 4.78 is 15.3. The summed E-state index contributed by atoms with van der Waals surface area (Å²) in [5.41, 5.74) is 12.3.